The van der Waals surface area contributed by atoms with Crippen LogP contribution in [-0.2, 0) is 6.54 Å². The fourth-order valence-corrected chi connectivity index (χ4v) is 3.29. The summed E-state index contributed by atoms with van der Waals surface area (Å²) in [7, 11) is 0. The van der Waals surface area contributed by atoms with E-state index in [1.807, 2.05) is 21.2 Å². The van der Waals surface area contributed by atoms with Gasteiger partial charge in [-0.05, 0) is 19.3 Å². The SMILES string of the molecule is CCCn1cc(NC(=O)N2CCC(Nc3nccs3)CC2)cn1. The van der Waals surface area contributed by atoms with Crippen molar-refractivity contribution in [3.63, 3.8) is 0 Å². The van der Waals surface area contributed by atoms with Crippen LogP contribution in [0, 0.1) is 0 Å². The van der Waals surface area contributed by atoms with Crippen LogP contribution in [0.25, 0.3) is 0 Å². The molecule has 0 aliphatic carbocycles. The number of carbonyl (C=O) groups excluding carboxylic acids is 1. The van der Waals surface area contributed by atoms with E-state index >= 15 is 0 Å². The molecule has 8 heteroatoms. The van der Waals surface area contributed by atoms with Crippen LogP contribution in [0.15, 0.2) is 24.0 Å². The Morgan fingerprint density at radius 3 is 2.96 bits per heavy atom. The highest BCUT2D eigenvalue weighted by molar-refractivity contribution is 7.13. The Morgan fingerprint density at radius 1 is 1.43 bits per heavy atom. The molecule has 23 heavy (non-hydrogen) atoms. The number of likely N-dealkylation sites (tertiary alicyclic amines) is 1. The van der Waals surface area contributed by atoms with Crippen molar-refractivity contribution in [1.82, 2.24) is 19.7 Å². The summed E-state index contributed by atoms with van der Waals surface area (Å²) < 4.78 is 1.85. The fraction of sp³-hybridized carbons (Fsp3) is 0.533. The quantitative estimate of drug-likeness (QED) is 0.882. The second-order valence-corrected chi connectivity index (χ2v) is 6.56. The van der Waals surface area contributed by atoms with Crippen molar-refractivity contribution < 1.29 is 4.79 Å². The van der Waals surface area contributed by atoms with Gasteiger partial charge in [-0.3, -0.25) is 4.68 Å². The van der Waals surface area contributed by atoms with E-state index in [9.17, 15) is 4.79 Å². The minimum absolute atomic E-state index is 0.0475. The van der Waals surface area contributed by atoms with E-state index in [2.05, 4.69) is 27.6 Å². The molecule has 1 aliphatic heterocycles. The van der Waals surface area contributed by atoms with E-state index in [0.717, 1.165) is 49.7 Å². The second kappa shape index (κ2) is 7.45. The number of piperidine rings is 1. The molecule has 2 aromatic rings. The molecule has 0 atom stereocenters. The average molecular weight is 334 g/mol. The van der Waals surface area contributed by atoms with Crippen molar-refractivity contribution in [2.75, 3.05) is 23.7 Å². The number of hydrogen-bond acceptors (Lipinski definition) is 5. The summed E-state index contributed by atoms with van der Waals surface area (Å²) in [5.41, 5.74) is 0.756. The van der Waals surface area contributed by atoms with Crippen LogP contribution >= 0.6 is 11.3 Å². The lowest BCUT2D eigenvalue weighted by Crippen LogP contribution is -2.44. The number of thiazole rings is 1. The molecule has 0 unspecified atom stereocenters. The number of nitrogens with one attached hydrogen (secondary N) is 2. The minimum atomic E-state index is -0.0475. The molecule has 3 heterocycles. The first-order valence-corrected chi connectivity index (χ1v) is 8.87. The standard InChI is InChI=1S/C15H22N6OS/c1-2-6-21-11-13(10-17-21)19-15(22)20-7-3-12(4-8-20)18-14-16-5-9-23-14/h5,9-12H,2-4,6-8H2,1H3,(H,16,18)(H,19,22). The van der Waals surface area contributed by atoms with Crippen LogP contribution in [0.1, 0.15) is 26.2 Å². The van der Waals surface area contributed by atoms with Gasteiger partial charge in [0.2, 0.25) is 0 Å². The lowest BCUT2D eigenvalue weighted by molar-refractivity contribution is 0.197. The summed E-state index contributed by atoms with van der Waals surface area (Å²) in [4.78, 5) is 18.4. The third kappa shape index (κ3) is 4.22. The van der Waals surface area contributed by atoms with E-state index < -0.39 is 0 Å². The highest BCUT2D eigenvalue weighted by Gasteiger charge is 2.23. The van der Waals surface area contributed by atoms with Gasteiger partial charge >= 0.3 is 6.03 Å². The first-order valence-electron chi connectivity index (χ1n) is 7.99. The van der Waals surface area contributed by atoms with E-state index in [0.29, 0.717) is 6.04 Å². The molecule has 1 aliphatic rings. The molecule has 3 rings (SSSR count). The summed E-state index contributed by atoms with van der Waals surface area (Å²) >= 11 is 1.61. The van der Waals surface area contributed by atoms with Crippen molar-refractivity contribution in [1.29, 1.82) is 0 Å². The van der Waals surface area contributed by atoms with Gasteiger partial charge in [0.05, 0.1) is 11.9 Å². The van der Waals surface area contributed by atoms with Gasteiger partial charge in [-0.15, -0.1) is 11.3 Å². The van der Waals surface area contributed by atoms with Gasteiger partial charge in [-0.25, -0.2) is 9.78 Å². The maximum atomic E-state index is 12.3. The highest BCUT2D eigenvalue weighted by atomic mass is 32.1. The lowest BCUT2D eigenvalue weighted by Gasteiger charge is -2.32. The average Bonchev–Trinajstić information content (AvgIpc) is 3.21. The van der Waals surface area contributed by atoms with Crippen molar-refractivity contribution in [2.24, 2.45) is 0 Å². The Labute approximate surface area is 139 Å². The van der Waals surface area contributed by atoms with Crippen molar-refractivity contribution in [2.45, 2.75) is 38.8 Å². The number of anilines is 2. The number of urea groups is 1. The number of amides is 2. The zero-order chi connectivity index (χ0) is 16.1. The summed E-state index contributed by atoms with van der Waals surface area (Å²) in [5, 5.41) is 13.5. The molecule has 0 bridgehead atoms. The topological polar surface area (TPSA) is 75.1 Å². The van der Waals surface area contributed by atoms with Crippen LogP contribution in [0.4, 0.5) is 15.6 Å². The largest absolute Gasteiger partial charge is 0.359 e. The molecule has 2 aromatic heterocycles. The van der Waals surface area contributed by atoms with Gasteiger partial charge in [0.25, 0.3) is 0 Å². The van der Waals surface area contributed by atoms with Crippen LogP contribution in [0.2, 0.25) is 0 Å². The Hall–Kier alpha value is -2.09. The van der Waals surface area contributed by atoms with E-state index in [-0.39, 0.29) is 6.03 Å². The zero-order valence-corrected chi connectivity index (χ0v) is 14.1. The molecule has 1 saturated heterocycles. The molecule has 0 radical (unpaired) electrons. The minimum Gasteiger partial charge on any atom is -0.359 e. The van der Waals surface area contributed by atoms with E-state index in [4.69, 9.17) is 0 Å². The predicted octanol–water partition coefficient (Wildman–Crippen LogP) is 2.86. The van der Waals surface area contributed by atoms with Crippen molar-refractivity contribution in [3.05, 3.63) is 24.0 Å². The Balaban J connectivity index is 1.45. The molecule has 7 nitrogen and oxygen atoms in total. The van der Waals surface area contributed by atoms with Gasteiger partial charge in [-0.1, -0.05) is 6.92 Å². The van der Waals surface area contributed by atoms with Crippen molar-refractivity contribution in [3.8, 4) is 0 Å². The summed E-state index contributed by atoms with van der Waals surface area (Å²) in [6.07, 6.45) is 8.26. The number of carbonyl (C=O) groups is 1. The molecule has 1 fully saturated rings. The number of aromatic nitrogens is 3. The molecule has 0 spiro atoms. The summed E-state index contributed by atoms with van der Waals surface area (Å²) in [5.74, 6) is 0. The van der Waals surface area contributed by atoms with Crippen LogP contribution in [0.3, 0.4) is 0 Å². The Bertz CT molecular complexity index is 618. The Kier molecular flexibility index (Phi) is 5.12. The number of hydrogen-bond donors (Lipinski definition) is 2. The molecule has 0 saturated carbocycles. The smallest absolute Gasteiger partial charge is 0.321 e. The number of aryl methyl sites for hydroxylation is 1. The molecule has 2 N–H and O–H groups in total. The summed E-state index contributed by atoms with van der Waals surface area (Å²) in [6, 6.07) is 0.339. The molecular formula is C15H22N6OS. The molecule has 2 amide bonds. The van der Waals surface area contributed by atoms with Crippen molar-refractivity contribution >= 4 is 28.2 Å². The zero-order valence-electron chi connectivity index (χ0n) is 13.2. The van der Waals surface area contributed by atoms with E-state index in [1.165, 1.54) is 0 Å². The number of nitrogens with zero attached hydrogens (tertiary/aromatic N) is 4. The lowest BCUT2D eigenvalue weighted by atomic mass is 10.1. The third-order valence-corrected chi connectivity index (χ3v) is 4.58. The van der Waals surface area contributed by atoms with Crippen LogP contribution < -0.4 is 10.6 Å². The highest BCUT2D eigenvalue weighted by Crippen LogP contribution is 2.19. The van der Waals surface area contributed by atoms with Gasteiger partial charge in [-0.2, -0.15) is 5.10 Å². The monoisotopic (exact) mass is 334 g/mol. The van der Waals surface area contributed by atoms with Gasteiger partial charge in [0.1, 0.15) is 0 Å². The Morgan fingerprint density at radius 2 is 2.26 bits per heavy atom. The summed E-state index contributed by atoms with van der Waals surface area (Å²) in [6.45, 7) is 4.46. The maximum absolute atomic E-state index is 12.3. The predicted molar refractivity (Wildman–Crippen MR) is 91.9 cm³/mol. The van der Waals surface area contributed by atoms with Crippen LogP contribution in [0.5, 0.6) is 0 Å². The fourth-order valence-electron chi connectivity index (χ4n) is 2.68. The first kappa shape index (κ1) is 15.8. The second-order valence-electron chi connectivity index (χ2n) is 5.67. The first-order chi connectivity index (χ1) is 11.2. The van der Waals surface area contributed by atoms with Gasteiger partial charge < -0.3 is 15.5 Å². The van der Waals surface area contributed by atoms with Gasteiger partial charge in [0.15, 0.2) is 5.13 Å². The van der Waals surface area contributed by atoms with Gasteiger partial charge in [0, 0.05) is 43.4 Å². The van der Waals surface area contributed by atoms with E-state index in [1.54, 1.807) is 23.7 Å². The molecule has 124 valence electrons. The normalized spacial score (nSPS) is 15.6. The van der Waals surface area contributed by atoms with Crippen LogP contribution in [-0.4, -0.2) is 44.8 Å². The maximum Gasteiger partial charge on any atom is 0.321 e. The number of rotatable bonds is 5. The molecule has 0 aromatic carbocycles. The third-order valence-electron chi connectivity index (χ3n) is 3.88. The molecular weight excluding hydrogens is 312 g/mol.